The van der Waals surface area contributed by atoms with Crippen LogP contribution in [0.4, 0.5) is 5.69 Å². The van der Waals surface area contributed by atoms with Crippen molar-refractivity contribution in [2.45, 2.75) is 39.5 Å². The zero-order valence-electron chi connectivity index (χ0n) is 14.5. The zero-order chi connectivity index (χ0) is 17.8. The second kappa shape index (κ2) is 7.38. The summed E-state index contributed by atoms with van der Waals surface area (Å²) in [6.45, 7) is 4.12. The third-order valence-corrected chi connectivity index (χ3v) is 4.13. The molecule has 1 heterocycles. The summed E-state index contributed by atoms with van der Waals surface area (Å²) in [6.07, 6.45) is 3.22. The Morgan fingerprint density at radius 2 is 2.04 bits per heavy atom. The van der Waals surface area contributed by atoms with E-state index in [0.717, 1.165) is 24.8 Å². The third kappa shape index (κ3) is 3.82. The fourth-order valence-electron chi connectivity index (χ4n) is 2.66. The van der Waals surface area contributed by atoms with Crippen LogP contribution < -0.4 is 5.32 Å². The van der Waals surface area contributed by atoms with Crippen LogP contribution in [0.25, 0.3) is 22.6 Å². The fraction of sp³-hybridized carbons (Fsp3) is 0.300. The van der Waals surface area contributed by atoms with Crippen LogP contribution in [-0.4, -0.2) is 16.0 Å². The average molecular weight is 338 g/mol. The summed E-state index contributed by atoms with van der Waals surface area (Å²) in [5.41, 5.74) is 3.70. The number of carbonyl (C=O) groups is 1. The van der Waals surface area contributed by atoms with Gasteiger partial charge in [0.05, 0.1) is 5.56 Å². The molecule has 0 bridgehead atoms. The molecule has 1 amide bonds. The zero-order valence-corrected chi connectivity index (χ0v) is 14.5. The normalized spacial score (nSPS) is 11.0. The Bertz CT molecular complexity index is 899. The van der Waals surface area contributed by atoms with Gasteiger partial charge in [-0.1, -0.05) is 26.3 Å². The summed E-state index contributed by atoms with van der Waals surface area (Å²) in [4.78, 5) is 16.3. The number of anilines is 1. The molecule has 5 heteroatoms. The fourth-order valence-corrected chi connectivity index (χ4v) is 2.66. The first-order valence-electron chi connectivity index (χ1n) is 8.63. The number of nitrogens with one attached hydrogen (secondary N) is 1. The Morgan fingerprint density at radius 1 is 1.20 bits per heavy atom. The van der Waals surface area contributed by atoms with Gasteiger partial charge in [-0.25, -0.2) is 4.98 Å². The van der Waals surface area contributed by atoms with Gasteiger partial charge in [0.15, 0.2) is 5.58 Å². The first-order chi connectivity index (χ1) is 12.1. The van der Waals surface area contributed by atoms with Crippen molar-refractivity contribution in [1.29, 1.82) is 0 Å². The number of phenolic OH excluding ortho intramolecular Hbond substituents is 1. The number of carbonyl (C=O) groups excluding carboxylic acids is 1. The molecule has 3 rings (SSSR count). The van der Waals surface area contributed by atoms with Crippen LogP contribution in [-0.2, 0) is 11.2 Å². The maximum atomic E-state index is 11.8. The predicted octanol–water partition coefficient (Wildman–Crippen LogP) is 4.89. The van der Waals surface area contributed by atoms with E-state index in [4.69, 9.17) is 4.42 Å². The molecule has 2 N–H and O–H groups in total. The minimum atomic E-state index is -0.0528. The number of aryl methyl sites for hydroxylation is 1. The molecule has 1 aromatic heterocycles. The molecule has 0 atom stereocenters. The van der Waals surface area contributed by atoms with Gasteiger partial charge < -0.3 is 14.8 Å². The van der Waals surface area contributed by atoms with Crippen LogP contribution in [0.5, 0.6) is 5.75 Å². The summed E-state index contributed by atoms with van der Waals surface area (Å²) in [7, 11) is 0. The highest BCUT2D eigenvalue weighted by molar-refractivity contribution is 5.91. The highest BCUT2D eigenvalue weighted by Gasteiger charge is 2.13. The number of hydrogen-bond donors (Lipinski definition) is 2. The lowest BCUT2D eigenvalue weighted by molar-refractivity contribution is -0.116. The van der Waals surface area contributed by atoms with Gasteiger partial charge in [-0.15, -0.1) is 0 Å². The van der Waals surface area contributed by atoms with Crippen molar-refractivity contribution in [2.75, 3.05) is 5.32 Å². The minimum Gasteiger partial charge on any atom is -0.507 e. The van der Waals surface area contributed by atoms with E-state index in [9.17, 15) is 9.90 Å². The molecule has 0 unspecified atom stereocenters. The van der Waals surface area contributed by atoms with Crippen LogP contribution in [0.1, 0.15) is 38.7 Å². The maximum absolute atomic E-state index is 11.8. The van der Waals surface area contributed by atoms with E-state index in [2.05, 4.69) is 17.2 Å². The first kappa shape index (κ1) is 17.0. The molecule has 5 nitrogen and oxygen atoms in total. The van der Waals surface area contributed by atoms with Crippen molar-refractivity contribution in [3.63, 3.8) is 0 Å². The lowest BCUT2D eigenvalue weighted by Crippen LogP contribution is -2.10. The molecule has 0 saturated carbocycles. The number of rotatable bonds is 6. The van der Waals surface area contributed by atoms with Gasteiger partial charge in [-0.3, -0.25) is 4.79 Å². The average Bonchev–Trinajstić information content (AvgIpc) is 3.02. The van der Waals surface area contributed by atoms with Crippen molar-refractivity contribution in [3.8, 4) is 17.2 Å². The quantitative estimate of drug-likeness (QED) is 0.671. The van der Waals surface area contributed by atoms with E-state index >= 15 is 0 Å². The number of aromatic nitrogens is 1. The van der Waals surface area contributed by atoms with Crippen molar-refractivity contribution < 1.29 is 14.3 Å². The van der Waals surface area contributed by atoms with E-state index in [-0.39, 0.29) is 11.7 Å². The molecule has 0 fully saturated rings. The Hall–Kier alpha value is -2.82. The van der Waals surface area contributed by atoms with Crippen LogP contribution >= 0.6 is 0 Å². The molecule has 3 aromatic rings. The molecule has 2 aromatic carbocycles. The minimum absolute atomic E-state index is 0.0237. The van der Waals surface area contributed by atoms with E-state index in [1.54, 1.807) is 12.1 Å². The predicted molar refractivity (Wildman–Crippen MR) is 98.6 cm³/mol. The molecule has 25 heavy (non-hydrogen) atoms. The van der Waals surface area contributed by atoms with Crippen LogP contribution in [0, 0.1) is 0 Å². The Kier molecular flexibility index (Phi) is 5.03. The van der Waals surface area contributed by atoms with E-state index in [1.165, 1.54) is 11.6 Å². The van der Waals surface area contributed by atoms with Gasteiger partial charge in [0, 0.05) is 18.2 Å². The molecule has 0 spiro atoms. The number of phenols is 1. The van der Waals surface area contributed by atoms with Crippen LogP contribution in [0.15, 0.2) is 40.8 Å². The smallest absolute Gasteiger partial charge is 0.231 e. The van der Waals surface area contributed by atoms with Crippen LogP contribution in [0.2, 0.25) is 0 Å². The molecular weight excluding hydrogens is 316 g/mol. The van der Waals surface area contributed by atoms with Gasteiger partial charge in [-0.05, 0) is 42.7 Å². The van der Waals surface area contributed by atoms with Crippen molar-refractivity contribution in [3.05, 3.63) is 42.0 Å². The molecule has 0 radical (unpaired) electrons. The van der Waals surface area contributed by atoms with E-state index in [1.807, 2.05) is 25.1 Å². The van der Waals surface area contributed by atoms with Crippen molar-refractivity contribution in [2.24, 2.45) is 0 Å². The Labute approximate surface area is 146 Å². The Morgan fingerprint density at radius 3 is 2.76 bits per heavy atom. The summed E-state index contributed by atoms with van der Waals surface area (Å²) in [5.74, 6) is 0.336. The van der Waals surface area contributed by atoms with Gasteiger partial charge in [0.1, 0.15) is 11.3 Å². The van der Waals surface area contributed by atoms with Crippen LogP contribution in [0.3, 0.4) is 0 Å². The summed E-state index contributed by atoms with van der Waals surface area (Å²) in [5, 5.41) is 13.1. The lowest BCUT2D eigenvalue weighted by atomic mass is 10.1. The second-order valence-electron chi connectivity index (χ2n) is 6.06. The van der Waals surface area contributed by atoms with Gasteiger partial charge in [-0.2, -0.15) is 0 Å². The number of hydrogen-bond acceptors (Lipinski definition) is 4. The first-order valence-corrected chi connectivity index (χ1v) is 8.63. The summed E-state index contributed by atoms with van der Waals surface area (Å²) >= 11 is 0. The molecular formula is C20H22N2O3. The number of benzene rings is 2. The standard InChI is InChI=1S/C20H22N2O3/c1-3-5-6-19(24)21-14-8-9-15(17(23)12-14)20-22-16-11-13(4-2)7-10-18(16)25-20/h7-12,23H,3-6H2,1-2H3,(H,21,24). The number of nitrogens with zero attached hydrogens (tertiary/aromatic N) is 1. The molecule has 0 aliphatic rings. The highest BCUT2D eigenvalue weighted by atomic mass is 16.3. The van der Waals surface area contributed by atoms with Gasteiger partial charge in [0.25, 0.3) is 0 Å². The number of aromatic hydroxyl groups is 1. The number of fused-ring (bicyclic) bond motifs is 1. The summed E-state index contributed by atoms with van der Waals surface area (Å²) < 4.78 is 5.75. The van der Waals surface area contributed by atoms with Gasteiger partial charge >= 0.3 is 0 Å². The third-order valence-electron chi connectivity index (χ3n) is 4.13. The molecule has 0 saturated heterocycles. The van der Waals surface area contributed by atoms with Crippen molar-refractivity contribution >= 4 is 22.7 Å². The van der Waals surface area contributed by atoms with E-state index < -0.39 is 0 Å². The largest absolute Gasteiger partial charge is 0.507 e. The maximum Gasteiger partial charge on any atom is 0.231 e. The number of unbranched alkanes of at least 4 members (excludes halogenated alkanes) is 1. The summed E-state index contributed by atoms with van der Waals surface area (Å²) in [6, 6.07) is 10.9. The highest BCUT2D eigenvalue weighted by Crippen LogP contribution is 2.33. The molecule has 0 aliphatic heterocycles. The van der Waals surface area contributed by atoms with E-state index in [0.29, 0.717) is 29.1 Å². The molecule has 0 aliphatic carbocycles. The topological polar surface area (TPSA) is 75.4 Å². The Balaban J connectivity index is 1.84. The number of oxazole rings is 1. The van der Waals surface area contributed by atoms with Crippen molar-refractivity contribution in [1.82, 2.24) is 4.98 Å². The monoisotopic (exact) mass is 338 g/mol. The lowest BCUT2D eigenvalue weighted by Gasteiger charge is -2.07. The second-order valence-corrected chi connectivity index (χ2v) is 6.06. The SMILES string of the molecule is CCCCC(=O)Nc1ccc(-c2nc3cc(CC)ccc3o2)c(O)c1. The molecule has 130 valence electrons. The number of amides is 1. The van der Waals surface area contributed by atoms with Gasteiger partial charge in [0.2, 0.25) is 11.8 Å².